The number of ether oxygens (including phenoxy) is 1. The molecule has 1 nitrogen and oxygen atoms in total. The van der Waals surface area contributed by atoms with E-state index in [4.69, 9.17) is 4.74 Å². The Bertz CT molecular complexity index is 200. The molecule has 0 aliphatic heterocycles. The van der Waals surface area contributed by atoms with Gasteiger partial charge in [-0.3, -0.25) is 0 Å². The van der Waals surface area contributed by atoms with Crippen LogP contribution in [0.5, 0.6) is 0 Å². The molecule has 0 heterocycles. The van der Waals surface area contributed by atoms with Gasteiger partial charge < -0.3 is 56.5 Å². The molecule has 0 amide bonds. The lowest BCUT2D eigenvalue weighted by atomic mass is 9.86. The van der Waals surface area contributed by atoms with E-state index >= 15 is 0 Å². The summed E-state index contributed by atoms with van der Waals surface area (Å²) in [6.07, 6.45) is 4.22. The third kappa shape index (κ3) is 93.7. The van der Waals surface area contributed by atoms with Crippen LogP contribution in [0.3, 0.4) is 0 Å². The molecule has 0 atom stereocenters. The van der Waals surface area contributed by atoms with Gasteiger partial charge in [0.2, 0.25) is 0 Å². The highest BCUT2D eigenvalue weighted by molar-refractivity contribution is 6.50. The van der Waals surface area contributed by atoms with E-state index in [2.05, 4.69) is 0 Å². The molecule has 0 aromatic carbocycles. The predicted molar refractivity (Wildman–Crippen MR) is 59.8 cm³/mol. The minimum absolute atomic E-state index is 0.907. The smallest absolute Gasteiger partial charge is 0.418 e. The van der Waals surface area contributed by atoms with E-state index in [-0.39, 0.29) is 0 Å². The van der Waals surface area contributed by atoms with Crippen LogP contribution in [0.2, 0.25) is 0 Å². The molecule has 1 saturated carbocycles. The van der Waals surface area contributed by atoms with E-state index in [1.54, 1.807) is 7.11 Å². The van der Waals surface area contributed by atoms with Crippen molar-refractivity contribution in [3.63, 3.8) is 0 Å². The van der Waals surface area contributed by atoms with Crippen molar-refractivity contribution in [3.05, 3.63) is 0 Å². The van der Waals surface area contributed by atoms with Crippen molar-refractivity contribution < 1.29 is 56.5 Å². The summed E-state index contributed by atoms with van der Waals surface area (Å²) in [5.41, 5.74) is 0. The van der Waals surface area contributed by atoms with Crippen LogP contribution in [-0.2, 0) is 4.74 Å². The Kier molecular flexibility index (Phi) is 14.1. The molecule has 1 aliphatic rings. The fraction of sp³-hybridized carbons (Fsp3) is 1.00. The summed E-state index contributed by atoms with van der Waals surface area (Å²) < 4.78 is 122. The van der Waals surface area contributed by atoms with Crippen LogP contribution < -0.4 is 0 Å². The average molecular weight is 361 g/mol. The van der Waals surface area contributed by atoms with E-state index in [1.165, 1.54) is 19.3 Å². The third-order valence-electron chi connectivity index (χ3n) is 1.63. The number of hydrogen-bond acceptors (Lipinski definition) is 1. The van der Waals surface area contributed by atoms with Gasteiger partial charge in [0.15, 0.2) is 0 Å². The number of methoxy groups -OCH3 is 1. The van der Waals surface area contributed by atoms with Crippen molar-refractivity contribution >= 4 is 21.8 Å². The highest BCUT2D eigenvalue weighted by Gasteiger charge is 2.21. The average Bonchev–Trinajstić information content (AvgIpc) is 2.02. The lowest BCUT2D eigenvalue weighted by Crippen LogP contribution is -2.16. The normalized spacial score (nSPS) is 15.1. The minimum atomic E-state index is -6.00. The van der Waals surface area contributed by atoms with Crippen LogP contribution in [0.1, 0.15) is 19.3 Å². The second-order valence-electron chi connectivity index (χ2n) is 3.74. The summed E-state index contributed by atoms with van der Waals surface area (Å²) in [5.74, 6) is 0.907. The van der Waals surface area contributed by atoms with Crippen LogP contribution in [0.25, 0.3) is 0 Å². The second kappa shape index (κ2) is 11.8. The summed E-state index contributed by atoms with van der Waals surface area (Å²) in [4.78, 5) is 0. The van der Waals surface area contributed by atoms with Crippen LogP contribution in [0.15, 0.2) is 0 Å². The van der Waals surface area contributed by atoms with E-state index < -0.39 is 21.8 Å². The zero-order valence-corrected chi connectivity index (χ0v) is 11.1. The lowest BCUT2D eigenvalue weighted by Gasteiger charge is -2.23. The minimum Gasteiger partial charge on any atom is -0.418 e. The van der Waals surface area contributed by atoms with Gasteiger partial charge in [0.05, 0.1) is 0 Å². The molecule has 0 radical (unpaired) electrons. The van der Waals surface area contributed by atoms with E-state index in [9.17, 15) is 51.8 Å². The Morgan fingerprint density at radius 1 is 0.682 bits per heavy atom. The van der Waals surface area contributed by atoms with Gasteiger partial charge in [0.1, 0.15) is 0 Å². The van der Waals surface area contributed by atoms with Gasteiger partial charge in [-0.2, -0.15) is 0 Å². The Labute approximate surface area is 118 Å². The first-order chi connectivity index (χ1) is 9.43. The van der Waals surface area contributed by atoms with Gasteiger partial charge in [-0.05, 0) is 18.8 Å². The SMILES string of the molecule is COCC1CCC1.F[B-](F)(F)F.F[B-](F)(F)F.F[B-](F)(F)F. The molecule has 0 unspecified atom stereocenters. The van der Waals surface area contributed by atoms with Gasteiger partial charge in [-0.25, -0.2) is 0 Å². The first-order valence-corrected chi connectivity index (χ1v) is 5.54. The highest BCUT2D eigenvalue weighted by Crippen LogP contribution is 2.25. The molecule has 1 aliphatic carbocycles. The molecule has 1 fully saturated rings. The van der Waals surface area contributed by atoms with E-state index in [0.717, 1.165) is 12.5 Å². The van der Waals surface area contributed by atoms with Crippen molar-refractivity contribution in [2.75, 3.05) is 13.7 Å². The van der Waals surface area contributed by atoms with Crippen LogP contribution in [0, 0.1) is 5.92 Å². The Hall–Kier alpha value is -0.685. The topological polar surface area (TPSA) is 9.23 Å². The summed E-state index contributed by atoms with van der Waals surface area (Å²) in [7, 11) is -16.2. The maximum Gasteiger partial charge on any atom is 0.673 e. The van der Waals surface area contributed by atoms with E-state index in [1.807, 2.05) is 0 Å². The van der Waals surface area contributed by atoms with E-state index in [0.29, 0.717) is 0 Å². The Morgan fingerprint density at radius 3 is 0.955 bits per heavy atom. The largest absolute Gasteiger partial charge is 0.673 e. The molecular weight excluding hydrogens is 348 g/mol. The molecule has 0 aromatic rings. The predicted octanol–water partition coefficient (Wildman–Crippen LogP) is 5.33. The molecule has 138 valence electrons. The molecule has 0 aromatic heterocycles. The summed E-state index contributed by atoms with van der Waals surface area (Å²) in [5, 5.41) is 0. The second-order valence-corrected chi connectivity index (χ2v) is 3.74. The molecule has 0 spiro atoms. The maximum atomic E-state index is 9.75. The third-order valence-corrected chi connectivity index (χ3v) is 1.63. The monoisotopic (exact) mass is 361 g/mol. The number of rotatable bonds is 2. The van der Waals surface area contributed by atoms with Gasteiger partial charge in [0, 0.05) is 13.7 Å². The van der Waals surface area contributed by atoms with Gasteiger partial charge >= 0.3 is 21.8 Å². The fourth-order valence-electron chi connectivity index (χ4n) is 0.895. The summed E-state index contributed by atoms with van der Waals surface area (Å²) >= 11 is 0. The highest BCUT2D eigenvalue weighted by atomic mass is 19.5. The first kappa shape index (κ1) is 26.2. The Morgan fingerprint density at radius 2 is 0.909 bits per heavy atom. The van der Waals surface area contributed by atoms with Crippen molar-refractivity contribution in [1.29, 1.82) is 0 Å². The van der Waals surface area contributed by atoms with Gasteiger partial charge in [-0.15, -0.1) is 0 Å². The van der Waals surface area contributed by atoms with Crippen molar-refractivity contribution in [2.45, 2.75) is 19.3 Å². The molecule has 16 heteroatoms. The standard InChI is InChI=1S/C6H12O.3BF4/c1-7-5-6-3-2-4-6;3*2-1(3,4)5/h6H,2-5H2,1H3;;;/q;3*-1. The Balaban J connectivity index is -0.000000223. The zero-order chi connectivity index (χ0) is 18.6. The molecule has 0 N–H and O–H groups in total. The summed E-state index contributed by atoms with van der Waals surface area (Å²) in [6, 6.07) is 0. The number of halogens is 12. The molecule has 22 heavy (non-hydrogen) atoms. The maximum absolute atomic E-state index is 9.75. The molecular formula is C6H12B3F12O-3. The van der Waals surface area contributed by atoms with Gasteiger partial charge in [-0.1, -0.05) is 6.42 Å². The first-order valence-electron chi connectivity index (χ1n) is 5.54. The summed E-state index contributed by atoms with van der Waals surface area (Å²) in [6.45, 7) is 0.986. The molecule has 1 rings (SSSR count). The molecule has 0 saturated heterocycles. The quantitative estimate of drug-likeness (QED) is 0.477. The van der Waals surface area contributed by atoms with Crippen LogP contribution in [-0.4, -0.2) is 35.5 Å². The van der Waals surface area contributed by atoms with Crippen molar-refractivity contribution in [2.24, 2.45) is 5.92 Å². The zero-order valence-electron chi connectivity index (χ0n) is 11.1. The van der Waals surface area contributed by atoms with Crippen LogP contribution >= 0.6 is 0 Å². The van der Waals surface area contributed by atoms with Gasteiger partial charge in [0.25, 0.3) is 0 Å². The van der Waals surface area contributed by atoms with Crippen LogP contribution in [0.4, 0.5) is 51.8 Å². The fourth-order valence-corrected chi connectivity index (χ4v) is 0.895. The van der Waals surface area contributed by atoms with Crippen molar-refractivity contribution in [1.82, 2.24) is 0 Å². The van der Waals surface area contributed by atoms with Crippen molar-refractivity contribution in [3.8, 4) is 0 Å². The lowest BCUT2D eigenvalue weighted by molar-refractivity contribution is 0.111. The number of hydrogen-bond donors (Lipinski definition) is 0. The molecule has 0 bridgehead atoms.